The summed E-state index contributed by atoms with van der Waals surface area (Å²) in [6.45, 7) is 3.83. The zero-order valence-electron chi connectivity index (χ0n) is 14.7. The van der Waals surface area contributed by atoms with E-state index in [-0.39, 0.29) is 11.7 Å². The van der Waals surface area contributed by atoms with Crippen molar-refractivity contribution in [3.05, 3.63) is 42.2 Å². The van der Waals surface area contributed by atoms with E-state index < -0.39 is 0 Å². The Kier molecular flexibility index (Phi) is 4.75. The van der Waals surface area contributed by atoms with Gasteiger partial charge in [-0.15, -0.1) is 0 Å². The molecule has 1 amide bonds. The van der Waals surface area contributed by atoms with Crippen LogP contribution in [0.3, 0.4) is 0 Å². The molecule has 136 valence electrons. The highest BCUT2D eigenvalue weighted by Crippen LogP contribution is 2.37. The monoisotopic (exact) mass is 353 g/mol. The van der Waals surface area contributed by atoms with Gasteiger partial charge >= 0.3 is 0 Å². The number of carbonyl (C=O) groups excluding carboxylic acids is 1. The Balaban J connectivity index is 1.58. The second-order valence-electron chi connectivity index (χ2n) is 6.87. The Labute approximate surface area is 153 Å². The van der Waals surface area contributed by atoms with Gasteiger partial charge in [-0.3, -0.25) is 14.7 Å². The maximum Gasteiger partial charge on any atom is 0.237 e. The van der Waals surface area contributed by atoms with Crippen LogP contribution in [-0.2, 0) is 11.3 Å². The third-order valence-corrected chi connectivity index (χ3v) is 5.02. The number of rotatable bonds is 3. The highest BCUT2D eigenvalue weighted by atomic mass is 16.5. The number of ether oxygens (including phenoxy) is 1. The molecule has 4 rings (SSSR count). The molecule has 0 atom stereocenters. The van der Waals surface area contributed by atoms with E-state index in [0.717, 1.165) is 29.8 Å². The molecule has 1 saturated heterocycles. The molecule has 0 spiro atoms. The molecule has 1 aromatic carbocycles. The SMILES string of the molecule is O=C(CN1CCCC1)N1CCOc2c(O)cc(-c3cccnc3)cc2C1. The van der Waals surface area contributed by atoms with Crippen LogP contribution in [0, 0.1) is 0 Å². The molecule has 1 aromatic heterocycles. The minimum Gasteiger partial charge on any atom is -0.504 e. The molecule has 2 aromatic rings. The molecule has 1 N–H and O–H groups in total. The average molecular weight is 353 g/mol. The highest BCUT2D eigenvalue weighted by molar-refractivity contribution is 5.79. The number of phenolic OH excluding ortho intramolecular Hbond substituents is 1. The Morgan fingerprint density at radius 1 is 1.19 bits per heavy atom. The molecule has 6 heteroatoms. The van der Waals surface area contributed by atoms with Gasteiger partial charge in [-0.05, 0) is 49.7 Å². The van der Waals surface area contributed by atoms with Crippen molar-refractivity contribution in [3.8, 4) is 22.6 Å². The molecular formula is C20H23N3O3. The van der Waals surface area contributed by atoms with Crippen LogP contribution in [0.25, 0.3) is 11.1 Å². The topological polar surface area (TPSA) is 65.9 Å². The Morgan fingerprint density at radius 2 is 2.04 bits per heavy atom. The van der Waals surface area contributed by atoms with Crippen LogP contribution in [0.2, 0.25) is 0 Å². The minimum atomic E-state index is 0.107. The fraction of sp³-hybridized carbons (Fsp3) is 0.400. The molecule has 0 aliphatic carbocycles. The van der Waals surface area contributed by atoms with Crippen LogP contribution >= 0.6 is 0 Å². The molecule has 6 nitrogen and oxygen atoms in total. The summed E-state index contributed by atoms with van der Waals surface area (Å²) in [6.07, 6.45) is 5.81. The lowest BCUT2D eigenvalue weighted by Crippen LogP contribution is -2.40. The van der Waals surface area contributed by atoms with Crippen LogP contribution in [0.1, 0.15) is 18.4 Å². The molecule has 0 unspecified atom stereocenters. The second kappa shape index (κ2) is 7.33. The number of hydrogen-bond acceptors (Lipinski definition) is 5. The van der Waals surface area contributed by atoms with Gasteiger partial charge in [0.25, 0.3) is 0 Å². The van der Waals surface area contributed by atoms with Gasteiger partial charge in [0.2, 0.25) is 5.91 Å². The van der Waals surface area contributed by atoms with Gasteiger partial charge in [0, 0.05) is 30.1 Å². The summed E-state index contributed by atoms with van der Waals surface area (Å²) in [5.41, 5.74) is 2.62. The van der Waals surface area contributed by atoms with Crippen LogP contribution in [0.5, 0.6) is 11.5 Å². The minimum absolute atomic E-state index is 0.107. The van der Waals surface area contributed by atoms with Gasteiger partial charge in [0.1, 0.15) is 6.61 Å². The van der Waals surface area contributed by atoms with E-state index in [1.165, 1.54) is 12.8 Å². The number of hydrogen-bond donors (Lipinski definition) is 1. The van der Waals surface area contributed by atoms with E-state index in [2.05, 4.69) is 9.88 Å². The van der Waals surface area contributed by atoms with E-state index in [1.54, 1.807) is 18.5 Å². The molecule has 2 aliphatic heterocycles. The highest BCUT2D eigenvalue weighted by Gasteiger charge is 2.25. The fourth-order valence-corrected chi connectivity index (χ4v) is 3.64. The zero-order chi connectivity index (χ0) is 17.9. The van der Waals surface area contributed by atoms with E-state index in [9.17, 15) is 9.90 Å². The van der Waals surface area contributed by atoms with Gasteiger partial charge < -0.3 is 14.7 Å². The summed E-state index contributed by atoms with van der Waals surface area (Å²) in [6, 6.07) is 7.48. The lowest BCUT2D eigenvalue weighted by atomic mass is 10.0. The zero-order valence-corrected chi connectivity index (χ0v) is 14.7. The van der Waals surface area contributed by atoms with Crippen LogP contribution < -0.4 is 4.74 Å². The average Bonchev–Trinajstić information content (AvgIpc) is 3.06. The number of benzene rings is 1. The number of phenols is 1. The number of carbonyl (C=O) groups is 1. The maximum atomic E-state index is 12.7. The van der Waals surface area contributed by atoms with Crippen molar-refractivity contribution in [3.63, 3.8) is 0 Å². The predicted octanol–water partition coefficient (Wildman–Crippen LogP) is 2.27. The third-order valence-electron chi connectivity index (χ3n) is 5.02. The molecule has 1 fully saturated rings. The van der Waals surface area contributed by atoms with Crippen LogP contribution in [0.4, 0.5) is 0 Å². The predicted molar refractivity (Wildman–Crippen MR) is 97.9 cm³/mol. The summed E-state index contributed by atoms with van der Waals surface area (Å²) in [5, 5.41) is 10.4. The molecule has 2 aliphatic rings. The first-order valence-corrected chi connectivity index (χ1v) is 9.10. The largest absolute Gasteiger partial charge is 0.504 e. The maximum absolute atomic E-state index is 12.7. The number of amides is 1. The van der Waals surface area contributed by atoms with E-state index in [1.807, 2.05) is 23.1 Å². The Morgan fingerprint density at radius 3 is 2.81 bits per heavy atom. The smallest absolute Gasteiger partial charge is 0.237 e. The van der Waals surface area contributed by atoms with E-state index in [4.69, 9.17) is 4.74 Å². The summed E-state index contributed by atoms with van der Waals surface area (Å²) < 4.78 is 5.75. The summed E-state index contributed by atoms with van der Waals surface area (Å²) >= 11 is 0. The van der Waals surface area contributed by atoms with Crippen LogP contribution in [-0.4, -0.2) is 58.6 Å². The number of aromatic nitrogens is 1. The number of pyridine rings is 1. The van der Waals surface area contributed by atoms with Gasteiger partial charge in [0.05, 0.1) is 13.1 Å². The summed E-state index contributed by atoms with van der Waals surface area (Å²) in [5.74, 6) is 0.707. The van der Waals surface area contributed by atoms with Gasteiger partial charge in [-0.2, -0.15) is 0 Å². The lowest BCUT2D eigenvalue weighted by molar-refractivity contribution is -0.132. The normalized spacial score (nSPS) is 17.5. The van der Waals surface area contributed by atoms with Crippen molar-refractivity contribution >= 4 is 5.91 Å². The van der Waals surface area contributed by atoms with E-state index >= 15 is 0 Å². The number of fused-ring (bicyclic) bond motifs is 1. The van der Waals surface area contributed by atoms with Gasteiger partial charge in [0.15, 0.2) is 11.5 Å². The lowest BCUT2D eigenvalue weighted by Gasteiger charge is -2.23. The molecule has 0 saturated carbocycles. The fourth-order valence-electron chi connectivity index (χ4n) is 3.64. The first-order valence-electron chi connectivity index (χ1n) is 9.10. The van der Waals surface area contributed by atoms with Crippen molar-refractivity contribution in [1.82, 2.24) is 14.8 Å². The number of aromatic hydroxyl groups is 1. The third kappa shape index (κ3) is 3.51. The number of nitrogens with zero attached hydrogens (tertiary/aromatic N) is 3. The quantitative estimate of drug-likeness (QED) is 0.917. The standard InChI is InChI=1S/C20H23N3O3/c24-18-11-16(15-4-3-5-21-12-15)10-17-13-23(8-9-26-20(17)18)19(25)14-22-6-1-2-7-22/h3-5,10-12,24H,1-2,6-9,13-14H2. The van der Waals surface area contributed by atoms with Gasteiger partial charge in [-0.25, -0.2) is 0 Å². The molecular weight excluding hydrogens is 330 g/mol. The Bertz CT molecular complexity index is 788. The summed E-state index contributed by atoms with van der Waals surface area (Å²) in [4.78, 5) is 20.9. The van der Waals surface area contributed by atoms with Crippen LogP contribution in [0.15, 0.2) is 36.7 Å². The first kappa shape index (κ1) is 16.8. The summed E-state index contributed by atoms with van der Waals surface area (Å²) in [7, 11) is 0. The van der Waals surface area contributed by atoms with E-state index in [0.29, 0.717) is 32.0 Å². The molecule has 0 bridgehead atoms. The van der Waals surface area contributed by atoms with Crippen molar-refractivity contribution in [2.75, 3.05) is 32.8 Å². The molecule has 0 radical (unpaired) electrons. The molecule has 3 heterocycles. The first-order chi connectivity index (χ1) is 12.7. The van der Waals surface area contributed by atoms with Gasteiger partial charge in [-0.1, -0.05) is 6.07 Å². The molecule has 26 heavy (non-hydrogen) atoms. The van der Waals surface area contributed by atoms with Crippen molar-refractivity contribution in [2.24, 2.45) is 0 Å². The van der Waals surface area contributed by atoms with Crippen molar-refractivity contribution in [2.45, 2.75) is 19.4 Å². The number of likely N-dealkylation sites (tertiary alicyclic amines) is 1. The second-order valence-corrected chi connectivity index (χ2v) is 6.87. The Hall–Kier alpha value is -2.60. The van der Waals surface area contributed by atoms with Crippen molar-refractivity contribution in [1.29, 1.82) is 0 Å². The van der Waals surface area contributed by atoms with Crippen molar-refractivity contribution < 1.29 is 14.6 Å².